The molecule has 0 aromatic carbocycles. The van der Waals surface area contributed by atoms with Crippen LogP contribution in [0.15, 0.2) is 12.1 Å². The van der Waals surface area contributed by atoms with Crippen molar-refractivity contribution in [2.75, 3.05) is 17.2 Å². The van der Waals surface area contributed by atoms with Crippen LogP contribution in [0.2, 0.25) is 0 Å². The molecule has 0 saturated heterocycles. The van der Waals surface area contributed by atoms with Gasteiger partial charge >= 0.3 is 0 Å². The van der Waals surface area contributed by atoms with Crippen molar-refractivity contribution in [1.29, 1.82) is 0 Å². The largest absolute Gasteiger partial charge is 0.370 e. The Bertz CT molecular complexity index is 606. The Labute approximate surface area is 131 Å². The number of nitrogens with zero attached hydrogens (tertiary/aromatic N) is 2. The van der Waals surface area contributed by atoms with Crippen LogP contribution < -0.4 is 10.6 Å². The second kappa shape index (κ2) is 6.89. The third kappa shape index (κ3) is 3.94. The zero-order valence-electron chi connectivity index (χ0n) is 13.4. The summed E-state index contributed by atoms with van der Waals surface area (Å²) in [6, 6.07) is 4.58. The van der Waals surface area contributed by atoms with Crippen molar-refractivity contribution >= 4 is 23.0 Å². The number of rotatable bonds is 6. The summed E-state index contributed by atoms with van der Waals surface area (Å²) in [5.41, 5.74) is 1.08. The number of aromatic nitrogens is 2. The van der Waals surface area contributed by atoms with Crippen LogP contribution in [0.1, 0.15) is 47.5 Å². The topological polar surface area (TPSA) is 49.8 Å². The van der Waals surface area contributed by atoms with E-state index >= 15 is 0 Å². The van der Waals surface area contributed by atoms with E-state index in [-0.39, 0.29) is 6.04 Å². The van der Waals surface area contributed by atoms with Gasteiger partial charge in [0.05, 0.1) is 6.04 Å². The molecule has 0 aliphatic heterocycles. The van der Waals surface area contributed by atoms with E-state index < -0.39 is 0 Å². The van der Waals surface area contributed by atoms with Crippen molar-refractivity contribution in [1.82, 2.24) is 9.97 Å². The first kappa shape index (κ1) is 15.8. The molecule has 0 aliphatic carbocycles. The predicted molar refractivity (Wildman–Crippen MR) is 91.4 cm³/mol. The Morgan fingerprint density at radius 3 is 2.48 bits per heavy atom. The molecule has 1 unspecified atom stereocenters. The fourth-order valence-corrected chi connectivity index (χ4v) is 3.03. The molecule has 1 atom stereocenters. The molecule has 0 fully saturated rings. The number of hydrogen-bond donors (Lipinski definition) is 2. The van der Waals surface area contributed by atoms with Gasteiger partial charge in [-0.25, -0.2) is 9.97 Å². The maximum atomic E-state index is 4.56. The van der Waals surface area contributed by atoms with Gasteiger partial charge in [-0.2, -0.15) is 0 Å². The van der Waals surface area contributed by atoms with Crippen molar-refractivity contribution in [3.63, 3.8) is 0 Å². The smallest absolute Gasteiger partial charge is 0.135 e. The highest BCUT2D eigenvalue weighted by molar-refractivity contribution is 7.12. The van der Waals surface area contributed by atoms with Gasteiger partial charge < -0.3 is 10.6 Å². The van der Waals surface area contributed by atoms with E-state index in [0.717, 1.165) is 36.0 Å². The lowest BCUT2D eigenvalue weighted by Crippen LogP contribution is -2.12. The molecule has 2 aromatic heterocycles. The van der Waals surface area contributed by atoms with Gasteiger partial charge in [0.2, 0.25) is 0 Å². The Balaban J connectivity index is 2.20. The van der Waals surface area contributed by atoms with Crippen molar-refractivity contribution in [2.24, 2.45) is 0 Å². The summed E-state index contributed by atoms with van der Waals surface area (Å²) >= 11 is 1.82. The van der Waals surface area contributed by atoms with Crippen LogP contribution in [0, 0.1) is 20.8 Å². The SMILES string of the molecule is CCCNc1nc(C)nc(NC(C)c2ccc(C)s2)c1C. The first-order valence-electron chi connectivity index (χ1n) is 7.43. The fraction of sp³-hybridized carbons (Fsp3) is 0.500. The molecule has 5 heteroatoms. The normalized spacial score (nSPS) is 12.2. The maximum Gasteiger partial charge on any atom is 0.135 e. The molecule has 0 amide bonds. The van der Waals surface area contributed by atoms with Crippen LogP contribution in [0.3, 0.4) is 0 Å². The lowest BCUT2D eigenvalue weighted by atomic mass is 10.2. The molecule has 2 aromatic rings. The van der Waals surface area contributed by atoms with Gasteiger partial charge in [-0.05, 0) is 46.2 Å². The van der Waals surface area contributed by atoms with E-state index in [0.29, 0.717) is 0 Å². The number of thiophene rings is 1. The van der Waals surface area contributed by atoms with Crippen molar-refractivity contribution in [3.05, 3.63) is 33.3 Å². The van der Waals surface area contributed by atoms with Crippen LogP contribution in [0.5, 0.6) is 0 Å². The van der Waals surface area contributed by atoms with Crippen LogP contribution in [0.4, 0.5) is 11.6 Å². The molecule has 4 nitrogen and oxygen atoms in total. The zero-order valence-corrected chi connectivity index (χ0v) is 14.3. The van der Waals surface area contributed by atoms with Crippen molar-refractivity contribution < 1.29 is 0 Å². The van der Waals surface area contributed by atoms with E-state index in [1.807, 2.05) is 18.3 Å². The highest BCUT2D eigenvalue weighted by Crippen LogP contribution is 2.28. The van der Waals surface area contributed by atoms with Gasteiger partial charge in [-0.3, -0.25) is 0 Å². The third-order valence-corrected chi connectivity index (χ3v) is 4.52. The molecule has 0 bridgehead atoms. The molecule has 0 radical (unpaired) electrons. The molecule has 2 rings (SSSR count). The van der Waals surface area contributed by atoms with Crippen LogP contribution >= 0.6 is 11.3 Å². The van der Waals surface area contributed by atoms with Crippen molar-refractivity contribution in [3.8, 4) is 0 Å². The molecule has 0 spiro atoms. The maximum absolute atomic E-state index is 4.56. The summed E-state index contributed by atoms with van der Waals surface area (Å²) in [7, 11) is 0. The van der Waals surface area contributed by atoms with E-state index in [2.05, 4.69) is 60.4 Å². The highest BCUT2D eigenvalue weighted by Gasteiger charge is 2.13. The average Bonchev–Trinajstić information content (AvgIpc) is 2.87. The molecule has 2 heterocycles. The van der Waals surface area contributed by atoms with Gasteiger partial charge in [0.15, 0.2) is 0 Å². The quantitative estimate of drug-likeness (QED) is 0.827. The van der Waals surface area contributed by atoms with Gasteiger partial charge in [0, 0.05) is 21.9 Å². The Morgan fingerprint density at radius 1 is 1.14 bits per heavy atom. The zero-order chi connectivity index (χ0) is 15.4. The van der Waals surface area contributed by atoms with Gasteiger partial charge in [-0.15, -0.1) is 11.3 Å². The molecule has 2 N–H and O–H groups in total. The summed E-state index contributed by atoms with van der Waals surface area (Å²) < 4.78 is 0. The van der Waals surface area contributed by atoms with Crippen LogP contribution in [-0.2, 0) is 0 Å². The monoisotopic (exact) mass is 304 g/mol. The lowest BCUT2D eigenvalue weighted by molar-refractivity contribution is 0.878. The minimum atomic E-state index is 0.246. The van der Waals surface area contributed by atoms with Gasteiger partial charge in [0.1, 0.15) is 17.5 Å². The Kier molecular flexibility index (Phi) is 5.17. The predicted octanol–water partition coefficient (Wildman–Crippen LogP) is 4.46. The third-order valence-electron chi connectivity index (χ3n) is 3.34. The Morgan fingerprint density at radius 2 is 1.86 bits per heavy atom. The number of aryl methyl sites for hydroxylation is 2. The second-order valence-electron chi connectivity index (χ2n) is 5.33. The number of hydrogen-bond acceptors (Lipinski definition) is 5. The summed E-state index contributed by atoms with van der Waals surface area (Å²) in [5, 5.41) is 6.89. The van der Waals surface area contributed by atoms with Gasteiger partial charge in [0.25, 0.3) is 0 Å². The second-order valence-corrected chi connectivity index (χ2v) is 6.65. The standard InChI is InChI=1S/C16H24N4S/c1-6-9-17-15-11(3)16(20-13(5)19-15)18-12(4)14-8-7-10(2)21-14/h7-8,12H,6,9H2,1-5H3,(H2,17,18,19,20). The van der Waals surface area contributed by atoms with E-state index in [1.54, 1.807) is 0 Å². The molecule has 0 saturated carbocycles. The number of anilines is 2. The molecular weight excluding hydrogens is 280 g/mol. The van der Waals surface area contributed by atoms with E-state index in [1.165, 1.54) is 9.75 Å². The first-order chi connectivity index (χ1) is 10.0. The molecule has 0 aliphatic rings. The lowest BCUT2D eigenvalue weighted by Gasteiger charge is -2.17. The molecule has 21 heavy (non-hydrogen) atoms. The van der Waals surface area contributed by atoms with Crippen LogP contribution in [0.25, 0.3) is 0 Å². The summed E-state index contributed by atoms with van der Waals surface area (Å²) in [6.07, 6.45) is 1.08. The van der Waals surface area contributed by atoms with E-state index in [4.69, 9.17) is 0 Å². The Hall–Kier alpha value is -1.62. The summed E-state index contributed by atoms with van der Waals surface area (Å²) in [5.74, 6) is 2.64. The minimum absolute atomic E-state index is 0.246. The highest BCUT2D eigenvalue weighted by atomic mass is 32.1. The van der Waals surface area contributed by atoms with E-state index in [9.17, 15) is 0 Å². The summed E-state index contributed by atoms with van der Waals surface area (Å²) in [4.78, 5) is 11.7. The number of nitrogens with one attached hydrogen (secondary N) is 2. The first-order valence-corrected chi connectivity index (χ1v) is 8.25. The minimum Gasteiger partial charge on any atom is -0.370 e. The average molecular weight is 304 g/mol. The van der Waals surface area contributed by atoms with Crippen molar-refractivity contribution in [2.45, 2.75) is 47.1 Å². The fourth-order valence-electron chi connectivity index (χ4n) is 2.15. The molecular formula is C16H24N4S. The summed E-state index contributed by atoms with van der Waals surface area (Å²) in [6.45, 7) is 11.4. The van der Waals surface area contributed by atoms with Gasteiger partial charge in [-0.1, -0.05) is 6.92 Å². The molecule has 114 valence electrons. The van der Waals surface area contributed by atoms with Crippen LogP contribution in [-0.4, -0.2) is 16.5 Å².